The second kappa shape index (κ2) is 4.23. The average Bonchev–Trinajstić information content (AvgIpc) is 2.81. The van der Waals surface area contributed by atoms with Crippen LogP contribution in [0, 0.1) is 0 Å². The number of tetrazole rings is 1. The molecule has 0 aliphatic heterocycles. The Labute approximate surface area is 92.0 Å². The number of H-pyrrole nitrogens is 1. The maximum Gasteiger partial charge on any atom is 0.205 e. The maximum atomic E-state index is 5.77. The van der Waals surface area contributed by atoms with Gasteiger partial charge >= 0.3 is 0 Å². The van der Waals surface area contributed by atoms with Crippen LogP contribution in [-0.2, 0) is 5.88 Å². The lowest BCUT2D eigenvalue weighted by Crippen LogP contribution is -1.88. The van der Waals surface area contributed by atoms with E-state index >= 15 is 0 Å². The molecule has 1 heterocycles. The smallest absolute Gasteiger partial charge is 0.177 e. The van der Waals surface area contributed by atoms with Gasteiger partial charge in [0.25, 0.3) is 0 Å². The summed E-state index contributed by atoms with van der Waals surface area (Å²) in [7, 11) is 0. The lowest BCUT2D eigenvalue weighted by molar-refractivity contribution is 0.881. The van der Waals surface area contributed by atoms with Crippen LogP contribution in [0.4, 0.5) is 0 Å². The fourth-order valence-electron chi connectivity index (χ4n) is 1.33. The summed E-state index contributed by atoms with van der Waals surface area (Å²) in [5.41, 5.74) is 2.87. The summed E-state index contributed by atoms with van der Waals surface area (Å²) in [6.07, 6.45) is 1.75. The van der Waals surface area contributed by atoms with Crippen molar-refractivity contribution in [3.05, 3.63) is 35.9 Å². The van der Waals surface area contributed by atoms with Crippen molar-refractivity contribution in [2.75, 3.05) is 0 Å². The predicted octanol–water partition coefficient (Wildman–Crippen LogP) is 2.25. The van der Waals surface area contributed by atoms with Crippen LogP contribution in [0.25, 0.3) is 17.5 Å². The second-order valence-electron chi connectivity index (χ2n) is 2.99. The van der Waals surface area contributed by atoms with E-state index in [9.17, 15) is 0 Å². The predicted molar refractivity (Wildman–Crippen MR) is 59.3 cm³/mol. The molecule has 0 aliphatic carbocycles. The van der Waals surface area contributed by atoms with Gasteiger partial charge < -0.3 is 0 Å². The Balaban J connectivity index is 2.56. The topological polar surface area (TPSA) is 54.5 Å². The van der Waals surface area contributed by atoms with Crippen LogP contribution >= 0.6 is 11.6 Å². The highest BCUT2D eigenvalue weighted by Gasteiger charge is 2.07. The average molecular weight is 221 g/mol. The molecule has 0 fully saturated rings. The lowest BCUT2D eigenvalue weighted by Gasteiger charge is -2.03. The van der Waals surface area contributed by atoms with Crippen LogP contribution in [-0.4, -0.2) is 20.6 Å². The first kappa shape index (κ1) is 9.86. The van der Waals surface area contributed by atoms with E-state index in [1.165, 1.54) is 0 Å². The summed E-state index contributed by atoms with van der Waals surface area (Å²) in [6, 6.07) is 5.83. The largest absolute Gasteiger partial charge is 0.205 e. The van der Waals surface area contributed by atoms with E-state index in [1.807, 2.05) is 18.2 Å². The summed E-state index contributed by atoms with van der Waals surface area (Å²) < 4.78 is 0. The van der Waals surface area contributed by atoms with Crippen LogP contribution in [0.15, 0.2) is 24.8 Å². The Morgan fingerprint density at radius 3 is 2.93 bits per heavy atom. The zero-order chi connectivity index (χ0) is 10.7. The van der Waals surface area contributed by atoms with Crippen LogP contribution in [0.3, 0.4) is 0 Å². The van der Waals surface area contributed by atoms with Crippen molar-refractivity contribution in [1.82, 2.24) is 20.6 Å². The van der Waals surface area contributed by atoms with Crippen LogP contribution in [0.2, 0.25) is 0 Å². The molecule has 0 atom stereocenters. The molecule has 2 aromatic rings. The molecule has 2 rings (SSSR count). The molecule has 0 saturated heterocycles. The summed E-state index contributed by atoms with van der Waals surface area (Å²) in [4.78, 5) is 0. The number of benzene rings is 1. The van der Waals surface area contributed by atoms with E-state index < -0.39 is 0 Å². The molecular formula is C10H9ClN4. The number of alkyl halides is 1. The standard InChI is InChI=1S/C10H9ClN4/c1-2-8-4-3-7(6-11)5-9(8)10-12-14-15-13-10/h2-5H,1,6H2,(H,12,13,14,15). The van der Waals surface area contributed by atoms with Crippen molar-refractivity contribution < 1.29 is 0 Å². The zero-order valence-corrected chi connectivity index (χ0v) is 8.70. The van der Waals surface area contributed by atoms with Crippen LogP contribution in [0.5, 0.6) is 0 Å². The van der Waals surface area contributed by atoms with E-state index in [1.54, 1.807) is 6.08 Å². The molecule has 1 aromatic heterocycles. The highest BCUT2D eigenvalue weighted by molar-refractivity contribution is 6.17. The first-order chi connectivity index (χ1) is 7.35. The first-order valence-electron chi connectivity index (χ1n) is 4.40. The summed E-state index contributed by atoms with van der Waals surface area (Å²) in [5, 5.41) is 13.8. The highest BCUT2D eigenvalue weighted by atomic mass is 35.5. The van der Waals surface area contributed by atoms with Gasteiger partial charge in [-0.2, -0.15) is 5.21 Å². The minimum atomic E-state index is 0.461. The number of aromatic amines is 1. The minimum Gasteiger partial charge on any atom is -0.177 e. The molecule has 1 aromatic carbocycles. The van der Waals surface area contributed by atoms with Crippen molar-refractivity contribution in [3.63, 3.8) is 0 Å². The van der Waals surface area contributed by atoms with Gasteiger partial charge in [0.05, 0.1) is 0 Å². The fraction of sp³-hybridized carbons (Fsp3) is 0.100. The van der Waals surface area contributed by atoms with Gasteiger partial charge in [0.15, 0.2) is 0 Å². The van der Waals surface area contributed by atoms with Gasteiger partial charge in [0.1, 0.15) is 0 Å². The summed E-state index contributed by atoms with van der Waals surface area (Å²) in [6.45, 7) is 3.74. The molecule has 76 valence electrons. The Hall–Kier alpha value is -1.68. The molecule has 0 aliphatic rings. The third-order valence-electron chi connectivity index (χ3n) is 2.08. The summed E-state index contributed by atoms with van der Waals surface area (Å²) in [5.74, 6) is 1.01. The summed E-state index contributed by atoms with van der Waals surface area (Å²) >= 11 is 5.77. The van der Waals surface area contributed by atoms with Gasteiger partial charge in [-0.1, -0.05) is 24.8 Å². The van der Waals surface area contributed by atoms with Crippen molar-refractivity contribution in [1.29, 1.82) is 0 Å². The van der Waals surface area contributed by atoms with Gasteiger partial charge in [-0.3, -0.25) is 0 Å². The maximum absolute atomic E-state index is 5.77. The molecule has 0 bridgehead atoms. The van der Waals surface area contributed by atoms with Crippen LogP contribution in [0.1, 0.15) is 11.1 Å². The lowest BCUT2D eigenvalue weighted by atomic mass is 10.0. The minimum absolute atomic E-state index is 0.461. The van der Waals surface area contributed by atoms with Crippen molar-refractivity contribution >= 4 is 17.7 Å². The number of hydrogen-bond donors (Lipinski definition) is 1. The molecule has 0 saturated carbocycles. The van der Waals surface area contributed by atoms with Gasteiger partial charge in [0, 0.05) is 11.4 Å². The van der Waals surface area contributed by atoms with E-state index in [0.29, 0.717) is 11.7 Å². The number of rotatable bonds is 3. The van der Waals surface area contributed by atoms with Crippen LogP contribution < -0.4 is 0 Å². The first-order valence-corrected chi connectivity index (χ1v) is 4.93. The molecular weight excluding hydrogens is 212 g/mol. The van der Waals surface area contributed by atoms with Gasteiger partial charge in [0.2, 0.25) is 5.82 Å². The number of hydrogen-bond acceptors (Lipinski definition) is 3. The quantitative estimate of drug-likeness (QED) is 0.808. The molecule has 1 N–H and O–H groups in total. The Morgan fingerprint density at radius 2 is 2.33 bits per heavy atom. The number of aromatic nitrogens is 4. The second-order valence-corrected chi connectivity index (χ2v) is 3.26. The fourth-order valence-corrected chi connectivity index (χ4v) is 1.50. The highest BCUT2D eigenvalue weighted by Crippen LogP contribution is 2.22. The van der Waals surface area contributed by atoms with E-state index in [4.69, 9.17) is 11.6 Å². The third kappa shape index (κ3) is 1.89. The molecule has 0 spiro atoms. The van der Waals surface area contributed by atoms with Gasteiger partial charge in [-0.05, 0) is 22.4 Å². The van der Waals surface area contributed by atoms with E-state index in [0.717, 1.165) is 16.7 Å². The Morgan fingerprint density at radius 1 is 1.47 bits per heavy atom. The number of halogens is 1. The van der Waals surface area contributed by atoms with Crippen molar-refractivity contribution in [3.8, 4) is 11.4 Å². The van der Waals surface area contributed by atoms with Crippen molar-refractivity contribution in [2.45, 2.75) is 5.88 Å². The monoisotopic (exact) mass is 220 g/mol. The molecule has 0 radical (unpaired) electrons. The van der Waals surface area contributed by atoms with E-state index in [-0.39, 0.29) is 0 Å². The molecule has 5 heteroatoms. The molecule has 15 heavy (non-hydrogen) atoms. The molecule has 0 amide bonds. The normalized spacial score (nSPS) is 10.2. The molecule has 4 nitrogen and oxygen atoms in total. The number of nitrogens with one attached hydrogen (secondary N) is 1. The third-order valence-corrected chi connectivity index (χ3v) is 2.39. The van der Waals surface area contributed by atoms with Gasteiger partial charge in [-0.25, -0.2) is 0 Å². The number of nitrogens with zero attached hydrogens (tertiary/aromatic N) is 3. The Bertz CT molecular complexity index is 464. The zero-order valence-electron chi connectivity index (χ0n) is 7.94. The Kier molecular flexibility index (Phi) is 2.78. The van der Waals surface area contributed by atoms with Crippen molar-refractivity contribution in [2.24, 2.45) is 0 Å². The molecule has 0 unspecified atom stereocenters. The van der Waals surface area contributed by atoms with Gasteiger partial charge in [-0.15, -0.1) is 21.8 Å². The SMILES string of the molecule is C=Cc1ccc(CCl)cc1-c1nn[nH]n1. The van der Waals surface area contributed by atoms with E-state index in [2.05, 4.69) is 27.2 Å².